The van der Waals surface area contributed by atoms with Crippen molar-refractivity contribution in [1.82, 2.24) is 0 Å². The summed E-state index contributed by atoms with van der Waals surface area (Å²) in [7, 11) is -0.458. The second-order valence-corrected chi connectivity index (χ2v) is 2.56. The molecule has 0 saturated heterocycles. The van der Waals surface area contributed by atoms with E-state index >= 15 is 0 Å². The Hall–Kier alpha value is 0.187. The molecule has 1 nitrogen and oxygen atoms in total. The average Bonchev–Trinajstić information content (AvgIpc) is 1.37. The molecule has 0 saturated carbocycles. The molecule has 0 aliphatic carbocycles. The summed E-state index contributed by atoms with van der Waals surface area (Å²) in [6.45, 7) is 0. The van der Waals surface area contributed by atoms with Gasteiger partial charge in [-0.3, -0.25) is 0 Å². The minimum absolute atomic E-state index is 0.458. The predicted molar refractivity (Wildman–Crippen MR) is 23.1 cm³/mol. The van der Waals surface area contributed by atoms with Crippen molar-refractivity contribution in [2.45, 2.75) is 0 Å². The number of nitrogens with zero attached hydrogens (tertiary/aromatic N) is 1. The molecule has 22 valence electrons. The highest BCUT2D eigenvalue weighted by molar-refractivity contribution is 9.23. The fraction of sp³-hybridized carbons (Fsp3) is 0. The van der Waals surface area contributed by atoms with Gasteiger partial charge in [0.1, 0.15) is 0 Å². The summed E-state index contributed by atoms with van der Waals surface area (Å²) >= 11 is 3.03. The first kappa shape index (κ1) is 4.19. The largest absolute Gasteiger partial charge is 0.214 e. The molecule has 3 heteroatoms. The van der Waals surface area contributed by atoms with Gasteiger partial charge in [-0.15, -0.1) is 15.3 Å². The Morgan fingerprint density at radius 1 is 2.00 bits per heavy atom. The van der Waals surface area contributed by atoms with Crippen LogP contribution < -0.4 is 0 Å². The Labute approximate surface area is 35.0 Å². The number of nitriles is 1. The summed E-state index contributed by atoms with van der Waals surface area (Å²) in [5.41, 5.74) is 1.99. The normalized spacial score (nSPS) is 8.00. The number of hydrogen-bond donors (Lipinski definition) is 0. The molecule has 0 atom stereocenters. The quantitative estimate of drug-likeness (QED) is 0.338. The van der Waals surface area contributed by atoms with Crippen molar-refractivity contribution < 1.29 is 0 Å². The Bertz CT molecular complexity index is 37.8. The molecule has 0 rings (SSSR count). The van der Waals surface area contributed by atoms with Gasteiger partial charge >= 0.3 is 0 Å². The molecule has 0 bridgehead atoms. The van der Waals surface area contributed by atoms with Crippen LogP contribution in [-0.4, -0.2) is 8.14 Å². The van der Waals surface area contributed by atoms with Crippen molar-refractivity contribution in [3.63, 3.8) is 0 Å². The van der Waals surface area contributed by atoms with E-state index in [0.29, 0.717) is 0 Å². The standard InChI is InChI=1S/CH2BrNSi/c2-4-1-3/h4H2. The van der Waals surface area contributed by atoms with Crippen LogP contribution in [0.1, 0.15) is 0 Å². The van der Waals surface area contributed by atoms with Crippen LogP contribution in [0.3, 0.4) is 0 Å². The summed E-state index contributed by atoms with van der Waals surface area (Å²) in [6, 6.07) is 0. The van der Waals surface area contributed by atoms with Crippen LogP contribution in [-0.2, 0) is 0 Å². The van der Waals surface area contributed by atoms with Gasteiger partial charge in [0.25, 0.3) is 0 Å². The van der Waals surface area contributed by atoms with E-state index in [1.54, 1.807) is 0 Å². The Balaban J connectivity index is 2.43. The van der Waals surface area contributed by atoms with E-state index in [-0.39, 0.29) is 0 Å². The number of rotatable bonds is 0. The van der Waals surface area contributed by atoms with E-state index in [1.165, 1.54) is 0 Å². The van der Waals surface area contributed by atoms with Gasteiger partial charge in [0, 0.05) is 5.69 Å². The van der Waals surface area contributed by atoms with Crippen molar-refractivity contribution in [3.05, 3.63) is 0 Å². The van der Waals surface area contributed by atoms with E-state index in [2.05, 4.69) is 15.3 Å². The van der Waals surface area contributed by atoms with Crippen molar-refractivity contribution in [2.75, 3.05) is 0 Å². The highest BCUT2D eigenvalue weighted by Crippen LogP contribution is 1.62. The molecule has 0 fully saturated rings. The van der Waals surface area contributed by atoms with E-state index in [0.717, 1.165) is 0 Å². The van der Waals surface area contributed by atoms with E-state index < -0.39 is 8.14 Å². The topological polar surface area (TPSA) is 23.8 Å². The van der Waals surface area contributed by atoms with Crippen LogP contribution in [0.2, 0.25) is 0 Å². The summed E-state index contributed by atoms with van der Waals surface area (Å²) in [4.78, 5) is 0. The molecule has 0 aromatic carbocycles. The fourth-order valence-corrected chi connectivity index (χ4v) is 0. The van der Waals surface area contributed by atoms with Crippen molar-refractivity contribution in [2.24, 2.45) is 0 Å². The zero-order chi connectivity index (χ0) is 3.41. The Kier molecular flexibility index (Phi) is 3.34. The second-order valence-electron chi connectivity index (χ2n) is 0.292. The van der Waals surface area contributed by atoms with Gasteiger partial charge in [0.2, 0.25) is 8.14 Å². The maximum absolute atomic E-state index is 7.64. The molecule has 0 unspecified atom stereocenters. The van der Waals surface area contributed by atoms with Gasteiger partial charge < -0.3 is 0 Å². The van der Waals surface area contributed by atoms with E-state index in [9.17, 15) is 0 Å². The van der Waals surface area contributed by atoms with Crippen molar-refractivity contribution >= 4 is 23.4 Å². The van der Waals surface area contributed by atoms with Gasteiger partial charge in [-0.05, 0) is 0 Å². The molecule has 0 heterocycles. The molecule has 4 heavy (non-hydrogen) atoms. The Morgan fingerprint density at radius 3 is 2.25 bits per heavy atom. The number of halogens is 1. The zero-order valence-corrected chi connectivity index (χ0v) is 5.03. The van der Waals surface area contributed by atoms with Crippen LogP contribution >= 0.6 is 15.3 Å². The zero-order valence-electron chi connectivity index (χ0n) is 2.03. The molecule has 0 aliphatic heterocycles. The average molecular weight is 136 g/mol. The smallest absolute Gasteiger partial charge is 0.206 e. The first-order valence-corrected chi connectivity index (χ1v) is 5.45. The minimum Gasteiger partial charge on any atom is -0.206 e. The van der Waals surface area contributed by atoms with E-state index in [1.807, 2.05) is 5.69 Å². The molecular formula is CH2BrNSi. The molecule has 0 amide bonds. The third-order valence-electron chi connectivity index (χ3n) is 0.0598. The maximum atomic E-state index is 7.64. The lowest BCUT2D eigenvalue weighted by Gasteiger charge is -1.41. The van der Waals surface area contributed by atoms with Crippen LogP contribution in [0.4, 0.5) is 0 Å². The lowest BCUT2D eigenvalue weighted by molar-refractivity contribution is 1.56. The second kappa shape index (κ2) is 3.19. The summed E-state index contributed by atoms with van der Waals surface area (Å²) in [5, 5.41) is 7.64. The molecule has 0 aromatic heterocycles. The van der Waals surface area contributed by atoms with E-state index in [4.69, 9.17) is 5.26 Å². The summed E-state index contributed by atoms with van der Waals surface area (Å²) < 4.78 is 0. The fourth-order valence-electron chi connectivity index (χ4n) is 0. The molecular weight excluding hydrogens is 134 g/mol. The van der Waals surface area contributed by atoms with Crippen LogP contribution in [0.5, 0.6) is 0 Å². The van der Waals surface area contributed by atoms with Crippen molar-refractivity contribution in [1.29, 1.82) is 5.26 Å². The van der Waals surface area contributed by atoms with Gasteiger partial charge in [0.05, 0.1) is 0 Å². The Morgan fingerprint density at radius 2 is 2.25 bits per heavy atom. The number of hydrogen-bond acceptors (Lipinski definition) is 1. The maximum Gasteiger partial charge on any atom is 0.214 e. The van der Waals surface area contributed by atoms with Crippen molar-refractivity contribution in [3.8, 4) is 5.69 Å². The SMILES string of the molecule is N#C[SiH2]Br. The monoisotopic (exact) mass is 135 g/mol. The highest BCUT2D eigenvalue weighted by atomic mass is 79.9. The lowest BCUT2D eigenvalue weighted by Crippen LogP contribution is -1.55. The minimum atomic E-state index is -0.458. The molecule has 0 aromatic rings. The summed E-state index contributed by atoms with van der Waals surface area (Å²) in [6.07, 6.45) is 0. The first-order chi connectivity index (χ1) is 1.91. The summed E-state index contributed by atoms with van der Waals surface area (Å²) in [5.74, 6) is 0. The lowest BCUT2D eigenvalue weighted by atomic mass is 11.8. The van der Waals surface area contributed by atoms with Gasteiger partial charge in [0.15, 0.2) is 0 Å². The van der Waals surface area contributed by atoms with Gasteiger partial charge in [-0.25, -0.2) is 5.26 Å². The van der Waals surface area contributed by atoms with Crippen LogP contribution in [0.25, 0.3) is 0 Å². The molecule has 0 spiro atoms. The highest BCUT2D eigenvalue weighted by Gasteiger charge is 1.56. The molecule has 0 N–H and O–H groups in total. The third kappa shape index (κ3) is 2.19. The van der Waals surface area contributed by atoms with Crippen LogP contribution in [0, 0.1) is 11.0 Å². The first-order valence-electron chi connectivity index (χ1n) is 0.844. The predicted octanol–water partition coefficient (Wildman–Crippen LogP) is -0.0538. The van der Waals surface area contributed by atoms with Crippen LogP contribution in [0.15, 0.2) is 0 Å². The molecule has 0 aliphatic rings. The van der Waals surface area contributed by atoms with Gasteiger partial charge in [-0.2, -0.15) is 0 Å². The van der Waals surface area contributed by atoms with Gasteiger partial charge in [-0.1, -0.05) is 0 Å². The third-order valence-corrected chi connectivity index (χ3v) is 0.932. The molecule has 0 radical (unpaired) electrons.